The van der Waals surface area contributed by atoms with Crippen molar-refractivity contribution in [3.63, 3.8) is 0 Å². The summed E-state index contributed by atoms with van der Waals surface area (Å²) in [5.41, 5.74) is 8.06. The Morgan fingerprint density at radius 1 is 1.06 bits per heavy atom. The number of nitrogens with two attached hydrogens (primary N) is 1. The van der Waals surface area contributed by atoms with E-state index in [1.54, 1.807) is 26.8 Å². The number of ether oxygens (including phenoxy) is 1. The van der Waals surface area contributed by atoms with Crippen LogP contribution in [0.25, 0.3) is 0 Å². The summed E-state index contributed by atoms with van der Waals surface area (Å²) in [5, 5.41) is 0. The Labute approximate surface area is 210 Å². The van der Waals surface area contributed by atoms with Crippen molar-refractivity contribution in [3.8, 4) is 0 Å². The zero-order valence-electron chi connectivity index (χ0n) is 20.4. The number of piperazine rings is 1. The molecule has 2 aromatic rings. The SMILES string of the molecule is NCCCC1C(=O)N(Cc2ccccc2)C[C@@H]2N(C(=O)OCCc3ccccc3CF)CCC(=O)N12. The van der Waals surface area contributed by atoms with Crippen molar-refractivity contribution in [3.05, 3.63) is 71.3 Å². The zero-order chi connectivity index (χ0) is 25.5. The molecule has 2 aromatic carbocycles. The second kappa shape index (κ2) is 12.0. The predicted octanol–water partition coefficient (Wildman–Crippen LogP) is 2.85. The van der Waals surface area contributed by atoms with Crippen LogP contribution in [0.5, 0.6) is 0 Å². The molecule has 4 rings (SSSR count). The number of rotatable bonds is 9. The number of amides is 3. The maximum Gasteiger partial charge on any atom is 0.411 e. The summed E-state index contributed by atoms with van der Waals surface area (Å²) in [7, 11) is 0. The van der Waals surface area contributed by atoms with Crippen molar-refractivity contribution in [2.45, 2.75) is 51.1 Å². The first-order valence-corrected chi connectivity index (χ1v) is 12.4. The van der Waals surface area contributed by atoms with Gasteiger partial charge in [0.1, 0.15) is 18.9 Å². The van der Waals surface area contributed by atoms with Crippen LogP contribution in [0.1, 0.15) is 36.0 Å². The van der Waals surface area contributed by atoms with Crippen LogP contribution in [0.2, 0.25) is 0 Å². The molecule has 2 aliphatic rings. The summed E-state index contributed by atoms with van der Waals surface area (Å²) in [6, 6.07) is 16.1. The monoisotopic (exact) mass is 496 g/mol. The van der Waals surface area contributed by atoms with Gasteiger partial charge in [0.2, 0.25) is 11.8 Å². The number of benzene rings is 2. The first kappa shape index (κ1) is 25.6. The lowest BCUT2D eigenvalue weighted by Gasteiger charge is -2.51. The Kier molecular flexibility index (Phi) is 8.53. The molecule has 1 unspecified atom stereocenters. The molecule has 2 saturated heterocycles. The van der Waals surface area contributed by atoms with Crippen LogP contribution in [0.4, 0.5) is 9.18 Å². The smallest absolute Gasteiger partial charge is 0.411 e. The van der Waals surface area contributed by atoms with Gasteiger partial charge in [0.15, 0.2) is 0 Å². The minimum absolute atomic E-state index is 0.0935. The number of alkyl halides is 1. The number of carbonyl (C=O) groups is 3. The van der Waals surface area contributed by atoms with E-state index in [0.717, 1.165) is 11.1 Å². The van der Waals surface area contributed by atoms with E-state index < -0.39 is 25.0 Å². The Morgan fingerprint density at radius 2 is 1.78 bits per heavy atom. The van der Waals surface area contributed by atoms with E-state index in [9.17, 15) is 18.8 Å². The summed E-state index contributed by atoms with van der Waals surface area (Å²) < 4.78 is 18.8. The Hall–Kier alpha value is -3.46. The van der Waals surface area contributed by atoms with Crippen LogP contribution in [-0.4, -0.2) is 71.1 Å². The molecule has 8 nitrogen and oxygen atoms in total. The zero-order valence-corrected chi connectivity index (χ0v) is 20.4. The molecule has 2 N–H and O–H groups in total. The molecule has 0 bridgehead atoms. The van der Waals surface area contributed by atoms with Gasteiger partial charge in [-0.2, -0.15) is 0 Å². The molecule has 2 fully saturated rings. The molecule has 9 heteroatoms. The van der Waals surface area contributed by atoms with Gasteiger partial charge in [-0.3, -0.25) is 14.5 Å². The predicted molar refractivity (Wildman–Crippen MR) is 132 cm³/mol. The highest BCUT2D eigenvalue weighted by Crippen LogP contribution is 2.29. The molecule has 0 radical (unpaired) electrons. The van der Waals surface area contributed by atoms with Gasteiger partial charge >= 0.3 is 6.09 Å². The van der Waals surface area contributed by atoms with E-state index in [-0.39, 0.29) is 37.9 Å². The van der Waals surface area contributed by atoms with E-state index in [1.807, 2.05) is 42.5 Å². The molecule has 192 valence electrons. The summed E-state index contributed by atoms with van der Waals surface area (Å²) in [6.07, 6.45) is 0.394. The van der Waals surface area contributed by atoms with Crippen molar-refractivity contribution < 1.29 is 23.5 Å². The van der Waals surface area contributed by atoms with Crippen LogP contribution in [0.15, 0.2) is 54.6 Å². The molecule has 0 aromatic heterocycles. The number of nitrogens with zero attached hydrogens (tertiary/aromatic N) is 3. The van der Waals surface area contributed by atoms with Gasteiger partial charge in [-0.05, 0) is 36.1 Å². The third kappa shape index (κ3) is 5.67. The van der Waals surface area contributed by atoms with Crippen LogP contribution in [-0.2, 0) is 34.0 Å². The van der Waals surface area contributed by atoms with Gasteiger partial charge in [0.25, 0.3) is 0 Å². The van der Waals surface area contributed by atoms with Crippen LogP contribution in [0.3, 0.4) is 0 Å². The van der Waals surface area contributed by atoms with Gasteiger partial charge in [-0.15, -0.1) is 0 Å². The largest absolute Gasteiger partial charge is 0.449 e. The fourth-order valence-electron chi connectivity index (χ4n) is 4.99. The molecule has 2 atom stereocenters. The quantitative estimate of drug-likeness (QED) is 0.576. The summed E-state index contributed by atoms with van der Waals surface area (Å²) >= 11 is 0. The van der Waals surface area contributed by atoms with Crippen molar-refractivity contribution in [1.82, 2.24) is 14.7 Å². The second-order valence-electron chi connectivity index (χ2n) is 9.14. The number of fused-ring (bicyclic) bond motifs is 1. The van der Waals surface area contributed by atoms with Gasteiger partial charge in [0.05, 0.1) is 13.2 Å². The van der Waals surface area contributed by atoms with E-state index in [1.165, 1.54) is 0 Å². The number of halogens is 1. The van der Waals surface area contributed by atoms with Gasteiger partial charge in [-0.25, -0.2) is 9.18 Å². The normalized spacial score (nSPS) is 19.9. The fraction of sp³-hybridized carbons (Fsp3) is 0.444. The molecule has 0 saturated carbocycles. The first-order valence-electron chi connectivity index (χ1n) is 12.4. The molecule has 3 amide bonds. The Balaban J connectivity index is 1.50. The second-order valence-corrected chi connectivity index (χ2v) is 9.14. The summed E-state index contributed by atoms with van der Waals surface area (Å²) in [4.78, 5) is 44.3. The molecule has 2 aliphatic heterocycles. The average molecular weight is 497 g/mol. The Morgan fingerprint density at radius 3 is 2.50 bits per heavy atom. The van der Waals surface area contributed by atoms with Crippen LogP contribution >= 0.6 is 0 Å². The highest BCUT2D eigenvalue weighted by Gasteiger charge is 2.48. The third-order valence-electron chi connectivity index (χ3n) is 6.84. The minimum atomic E-state index is -0.671. The fourth-order valence-corrected chi connectivity index (χ4v) is 4.99. The van der Waals surface area contributed by atoms with Crippen molar-refractivity contribution in [2.75, 3.05) is 26.2 Å². The third-order valence-corrected chi connectivity index (χ3v) is 6.84. The highest BCUT2D eigenvalue weighted by atomic mass is 19.1. The average Bonchev–Trinajstić information content (AvgIpc) is 2.90. The molecule has 0 aliphatic carbocycles. The number of hydrogen-bond donors (Lipinski definition) is 1. The molecule has 36 heavy (non-hydrogen) atoms. The maximum absolute atomic E-state index is 13.4. The van der Waals surface area contributed by atoms with Gasteiger partial charge in [0, 0.05) is 25.9 Å². The van der Waals surface area contributed by atoms with E-state index >= 15 is 0 Å². The number of carbonyl (C=O) groups excluding carboxylic acids is 3. The molecule has 0 spiro atoms. The number of hydrogen-bond acceptors (Lipinski definition) is 5. The van der Waals surface area contributed by atoms with Gasteiger partial charge < -0.3 is 20.3 Å². The first-order chi connectivity index (χ1) is 17.5. The van der Waals surface area contributed by atoms with Crippen LogP contribution in [0, 0.1) is 0 Å². The van der Waals surface area contributed by atoms with Crippen molar-refractivity contribution in [2.24, 2.45) is 5.73 Å². The summed E-state index contributed by atoms with van der Waals surface area (Å²) in [5.74, 6) is -0.273. The minimum Gasteiger partial charge on any atom is -0.449 e. The topological polar surface area (TPSA) is 96.2 Å². The highest BCUT2D eigenvalue weighted by molar-refractivity contribution is 5.90. The molecule has 2 heterocycles. The van der Waals surface area contributed by atoms with Gasteiger partial charge in [-0.1, -0.05) is 54.6 Å². The summed E-state index contributed by atoms with van der Waals surface area (Å²) in [6.45, 7) is 0.734. The lowest BCUT2D eigenvalue weighted by Crippen LogP contribution is -2.71. The lowest BCUT2D eigenvalue weighted by molar-refractivity contribution is -0.169. The molecular formula is C27H33FN4O4. The van der Waals surface area contributed by atoms with E-state index in [2.05, 4.69) is 0 Å². The van der Waals surface area contributed by atoms with E-state index in [0.29, 0.717) is 37.9 Å². The van der Waals surface area contributed by atoms with Crippen LogP contribution < -0.4 is 5.73 Å². The lowest BCUT2D eigenvalue weighted by atomic mass is 9.99. The van der Waals surface area contributed by atoms with Crippen molar-refractivity contribution >= 4 is 17.9 Å². The van der Waals surface area contributed by atoms with E-state index in [4.69, 9.17) is 10.5 Å². The van der Waals surface area contributed by atoms with Crippen molar-refractivity contribution in [1.29, 1.82) is 0 Å². The Bertz CT molecular complexity index is 1070. The standard InChI is InChI=1S/C27H33FN4O4/c28-17-22-10-5-4-9-21(22)13-16-36-27(35)31-15-12-25(33)32-23(11-6-14-29)26(34)30(19-24(31)32)18-20-7-2-1-3-8-20/h1-5,7-10,23-24H,6,11-19,29H2/t23?,24-/m1/s1. The molecular weight excluding hydrogens is 463 g/mol. The maximum atomic E-state index is 13.4.